The van der Waals surface area contributed by atoms with E-state index in [0.29, 0.717) is 22.2 Å². The van der Waals surface area contributed by atoms with Crippen molar-refractivity contribution in [2.45, 2.75) is 119 Å². The van der Waals surface area contributed by atoms with E-state index in [4.69, 9.17) is 0 Å². The molecule has 1 nitrogen and oxygen atoms in total. The van der Waals surface area contributed by atoms with Gasteiger partial charge in [0.2, 0.25) is 0 Å². The zero-order chi connectivity index (χ0) is 22.8. The van der Waals surface area contributed by atoms with Crippen molar-refractivity contribution in [2.24, 2.45) is 45.3 Å². The monoisotopic (exact) mass is 426 g/mol. The van der Waals surface area contributed by atoms with Gasteiger partial charge in [0, 0.05) is 5.41 Å². The first-order valence-electron chi connectivity index (χ1n) is 13.4. The van der Waals surface area contributed by atoms with Crippen LogP contribution in [0.25, 0.3) is 0 Å². The third-order valence-electron chi connectivity index (χ3n) is 11.8. The third-order valence-corrected chi connectivity index (χ3v) is 11.8. The van der Waals surface area contributed by atoms with Crippen LogP contribution in [0.2, 0.25) is 0 Å². The van der Waals surface area contributed by atoms with Crippen molar-refractivity contribution >= 4 is 0 Å². The second-order valence-electron chi connectivity index (χ2n) is 13.6. The quantitative estimate of drug-likeness (QED) is 0.448. The summed E-state index contributed by atoms with van der Waals surface area (Å²) in [4.78, 5) is 0. The number of aliphatic hydroxyl groups is 1. The zero-order valence-corrected chi connectivity index (χ0v) is 21.9. The molecule has 8 atom stereocenters. The lowest BCUT2D eigenvalue weighted by Crippen LogP contribution is -2.59. The van der Waals surface area contributed by atoms with E-state index < -0.39 is 0 Å². The number of hydrogen-bond acceptors (Lipinski definition) is 1. The molecular weight excluding hydrogens is 376 g/mol. The highest BCUT2D eigenvalue weighted by atomic mass is 16.3. The molecule has 0 aliphatic heterocycles. The second-order valence-corrected chi connectivity index (χ2v) is 13.6. The number of fused-ring (bicyclic) bond motifs is 5. The van der Waals surface area contributed by atoms with E-state index >= 15 is 0 Å². The summed E-state index contributed by atoms with van der Waals surface area (Å²) in [6.45, 7) is 19.7. The van der Waals surface area contributed by atoms with Gasteiger partial charge in [-0.15, -0.1) is 0 Å². The minimum atomic E-state index is -0.169. The summed E-state index contributed by atoms with van der Waals surface area (Å²) in [6, 6.07) is 0. The SMILES string of the molecule is CC(C)=CCCC(C)C1CC[C@@]2(C)C3CC=C4C(CCC(O)C4(C)C)C3(C)CCC12C. The topological polar surface area (TPSA) is 20.2 Å². The van der Waals surface area contributed by atoms with Gasteiger partial charge >= 0.3 is 0 Å². The normalized spacial score (nSPS) is 46.9. The van der Waals surface area contributed by atoms with Gasteiger partial charge in [-0.2, -0.15) is 0 Å². The van der Waals surface area contributed by atoms with Crippen molar-refractivity contribution in [1.82, 2.24) is 0 Å². The Morgan fingerprint density at radius 1 is 1.03 bits per heavy atom. The second kappa shape index (κ2) is 7.75. The molecule has 31 heavy (non-hydrogen) atoms. The van der Waals surface area contributed by atoms with Gasteiger partial charge in [0.15, 0.2) is 0 Å². The summed E-state index contributed by atoms with van der Waals surface area (Å²) < 4.78 is 0. The van der Waals surface area contributed by atoms with Gasteiger partial charge in [-0.05, 0) is 112 Å². The highest BCUT2D eigenvalue weighted by Crippen LogP contribution is 2.74. The van der Waals surface area contributed by atoms with E-state index in [1.54, 1.807) is 5.57 Å². The van der Waals surface area contributed by atoms with Crippen LogP contribution in [0.3, 0.4) is 0 Å². The van der Waals surface area contributed by atoms with E-state index in [-0.39, 0.29) is 11.5 Å². The number of rotatable bonds is 4. The molecule has 0 bridgehead atoms. The summed E-state index contributed by atoms with van der Waals surface area (Å²) in [5.74, 6) is 3.18. The first-order valence-corrected chi connectivity index (χ1v) is 13.4. The minimum Gasteiger partial charge on any atom is -0.392 e. The van der Waals surface area contributed by atoms with Crippen LogP contribution >= 0.6 is 0 Å². The van der Waals surface area contributed by atoms with E-state index in [1.165, 1.54) is 56.9 Å². The van der Waals surface area contributed by atoms with Gasteiger partial charge in [-0.25, -0.2) is 0 Å². The maximum absolute atomic E-state index is 10.8. The molecule has 3 fully saturated rings. The Kier molecular flexibility index (Phi) is 5.90. The van der Waals surface area contributed by atoms with Gasteiger partial charge < -0.3 is 5.11 Å². The number of aliphatic hydroxyl groups excluding tert-OH is 1. The molecule has 0 radical (unpaired) electrons. The van der Waals surface area contributed by atoms with Crippen LogP contribution in [0, 0.1) is 45.3 Å². The Morgan fingerprint density at radius 2 is 1.74 bits per heavy atom. The Balaban J connectivity index is 1.62. The van der Waals surface area contributed by atoms with Gasteiger partial charge in [-0.3, -0.25) is 0 Å². The summed E-state index contributed by atoms with van der Waals surface area (Å²) >= 11 is 0. The molecule has 0 spiro atoms. The molecule has 1 N–H and O–H groups in total. The van der Waals surface area contributed by atoms with Gasteiger partial charge in [0.05, 0.1) is 6.10 Å². The maximum Gasteiger partial charge on any atom is 0.0628 e. The zero-order valence-electron chi connectivity index (χ0n) is 21.9. The Bertz CT molecular complexity index is 754. The summed E-state index contributed by atoms with van der Waals surface area (Å²) in [5, 5.41) is 10.8. The first kappa shape index (κ1) is 23.6. The fourth-order valence-electron chi connectivity index (χ4n) is 9.47. The van der Waals surface area contributed by atoms with Gasteiger partial charge in [0.25, 0.3) is 0 Å². The molecule has 0 amide bonds. The smallest absolute Gasteiger partial charge is 0.0628 e. The van der Waals surface area contributed by atoms with Crippen LogP contribution in [0.15, 0.2) is 23.3 Å². The largest absolute Gasteiger partial charge is 0.392 e. The van der Waals surface area contributed by atoms with Gasteiger partial charge in [0.1, 0.15) is 0 Å². The summed E-state index contributed by atoms with van der Waals surface area (Å²) in [5.41, 5.74) is 4.37. The van der Waals surface area contributed by atoms with Crippen LogP contribution in [0.5, 0.6) is 0 Å². The van der Waals surface area contributed by atoms with Gasteiger partial charge in [-0.1, -0.05) is 64.8 Å². The lowest BCUT2D eigenvalue weighted by atomic mass is 9.39. The predicted octanol–water partition coefficient (Wildman–Crippen LogP) is 8.34. The fraction of sp³-hybridized carbons (Fsp3) is 0.867. The molecule has 0 aromatic heterocycles. The predicted molar refractivity (Wildman–Crippen MR) is 133 cm³/mol. The van der Waals surface area contributed by atoms with Crippen LogP contribution in [-0.4, -0.2) is 11.2 Å². The lowest BCUT2D eigenvalue weighted by molar-refractivity contribution is -0.145. The summed E-state index contributed by atoms with van der Waals surface area (Å²) in [6.07, 6.45) is 16.5. The minimum absolute atomic E-state index is 0.0454. The van der Waals surface area contributed by atoms with Crippen molar-refractivity contribution in [2.75, 3.05) is 0 Å². The highest BCUT2D eigenvalue weighted by Gasteiger charge is 2.67. The van der Waals surface area contributed by atoms with Crippen molar-refractivity contribution in [3.05, 3.63) is 23.3 Å². The number of allylic oxidation sites excluding steroid dienone is 3. The Hall–Kier alpha value is -0.560. The molecule has 0 aromatic carbocycles. The van der Waals surface area contributed by atoms with Crippen molar-refractivity contribution in [3.8, 4) is 0 Å². The van der Waals surface area contributed by atoms with Crippen molar-refractivity contribution in [3.63, 3.8) is 0 Å². The standard InChI is InChI=1S/C30H50O/c1-20(2)10-9-11-21(3)22-16-17-30(8)25-14-12-23-24(13-15-26(31)27(23,4)5)28(25,6)18-19-29(22,30)7/h10,12,21-22,24-26,31H,9,11,13-19H2,1-8H3/t21?,22?,24?,25?,26?,28?,29?,30-/m0/s1. The average molecular weight is 427 g/mol. The van der Waals surface area contributed by atoms with E-state index in [1.807, 2.05) is 0 Å². The van der Waals surface area contributed by atoms with Crippen LogP contribution in [0.4, 0.5) is 0 Å². The average Bonchev–Trinajstić information content (AvgIpc) is 2.96. The van der Waals surface area contributed by atoms with Crippen molar-refractivity contribution < 1.29 is 5.11 Å². The van der Waals surface area contributed by atoms with Crippen LogP contribution in [0.1, 0.15) is 113 Å². The molecule has 0 aromatic rings. The van der Waals surface area contributed by atoms with Crippen LogP contribution in [-0.2, 0) is 0 Å². The lowest BCUT2D eigenvalue weighted by Gasteiger charge is -2.66. The molecule has 7 unspecified atom stereocenters. The molecule has 176 valence electrons. The molecule has 4 aliphatic rings. The molecule has 3 saturated carbocycles. The van der Waals surface area contributed by atoms with Crippen molar-refractivity contribution in [1.29, 1.82) is 0 Å². The maximum atomic E-state index is 10.8. The third kappa shape index (κ3) is 3.34. The summed E-state index contributed by atoms with van der Waals surface area (Å²) in [7, 11) is 0. The molecule has 0 saturated heterocycles. The molecule has 1 heteroatoms. The Labute approximate surface area is 193 Å². The highest BCUT2D eigenvalue weighted by molar-refractivity contribution is 5.30. The van der Waals surface area contributed by atoms with E-state index in [2.05, 4.69) is 67.5 Å². The van der Waals surface area contributed by atoms with Crippen LogP contribution < -0.4 is 0 Å². The first-order chi connectivity index (χ1) is 14.4. The Morgan fingerprint density at radius 3 is 2.42 bits per heavy atom. The fourth-order valence-corrected chi connectivity index (χ4v) is 9.47. The number of hydrogen-bond donors (Lipinski definition) is 1. The molecule has 4 rings (SSSR count). The van der Waals surface area contributed by atoms with E-state index in [9.17, 15) is 5.11 Å². The molecule has 4 aliphatic carbocycles. The van der Waals surface area contributed by atoms with E-state index in [0.717, 1.165) is 24.2 Å². The molecular formula is C30H50O. The molecule has 0 heterocycles.